The molecule has 16 heteroatoms. The maximum Gasteiger partial charge on any atom is 0.490 e. The molecule has 0 radical (unpaired) electrons. The van der Waals surface area contributed by atoms with Gasteiger partial charge in [0.1, 0.15) is 17.1 Å². The summed E-state index contributed by atoms with van der Waals surface area (Å²) in [6.45, 7) is 0. The quantitative estimate of drug-likeness (QED) is 0.441. The lowest BCUT2D eigenvalue weighted by Gasteiger charge is -2.47. The molecule has 2 aromatic rings. The number of nitrogens with one attached hydrogen (secondary N) is 1. The van der Waals surface area contributed by atoms with E-state index in [0.29, 0.717) is 26.2 Å². The Balaban J connectivity index is 0.000000383. The molecule has 1 saturated heterocycles. The first-order valence-electron chi connectivity index (χ1n) is 8.69. The molecule has 2 aliphatic heterocycles. The molecule has 33 heavy (non-hydrogen) atoms. The van der Waals surface area contributed by atoms with Gasteiger partial charge in [-0.3, -0.25) is 19.8 Å². The summed E-state index contributed by atoms with van der Waals surface area (Å²) in [5.41, 5.74) is 6.20. The summed E-state index contributed by atoms with van der Waals surface area (Å²) in [7, 11) is 0. The smallest absolute Gasteiger partial charge is 0.477 e. The minimum atomic E-state index is -5.08. The molecular formula is C17H13F3N4O6S3. The van der Waals surface area contributed by atoms with Crippen molar-refractivity contribution in [2.45, 2.75) is 17.6 Å². The molecule has 5 N–H and O–H groups in total. The van der Waals surface area contributed by atoms with Crippen molar-refractivity contribution in [1.82, 2.24) is 9.88 Å². The van der Waals surface area contributed by atoms with Gasteiger partial charge in [0.05, 0.1) is 9.75 Å². The molecule has 4 rings (SSSR count). The maximum absolute atomic E-state index is 12.1. The van der Waals surface area contributed by atoms with Gasteiger partial charge in [-0.2, -0.15) is 13.2 Å². The largest absolute Gasteiger partial charge is 0.490 e. The fourth-order valence-corrected chi connectivity index (χ4v) is 5.62. The number of amides is 2. The van der Waals surface area contributed by atoms with E-state index in [2.05, 4.69) is 10.3 Å². The fourth-order valence-electron chi connectivity index (χ4n) is 2.74. The van der Waals surface area contributed by atoms with E-state index in [-0.39, 0.29) is 17.0 Å². The number of hydrogen-bond donors (Lipinski definition) is 4. The number of aromatic nitrogens is 1. The molecule has 4 heterocycles. The Morgan fingerprint density at radius 2 is 1.94 bits per heavy atom. The number of alkyl halides is 3. The Labute approximate surface area is 194 Å². The molecule has 2 unspecified atom stereocenters. The predicted molar refractivity (Wildman–Crippen MR) is 114 cm³/mol. The van der Waals surface area contributed by atoms with Crippen molar-refractivity contribution in [2.24, 2.45) is 5.73 Å². The van der Waals surface area contributed by atoms with Crippen molar-refractivity contribution in [3.05, 3.63) is 39.2 Å². The average Bonchev–Trinajstić information content (AvgIpc) is 3.44. The molecule has 2 amide bonds. The van der Waals surface area contributed by atoms with E-state index in [1.807, 2.05) is 0 Å². The second-order valence-corrected chi connectivity index (χ2v) is 9.42. The van der Waals surface area contributed by atoms with Crippen LogP contribution >= 0.6 is 34.4 Å². The predicted octanol–water partition coefficient (Wildman–Crippen LogP) is 2.13. The number of thioether (sulfide) groups is 1. The van der Waals surface area contributed by atoms with Gasteiger partial charge in [0, 0.05) is 17.5 Å². The van der Waals surface area contributed by atoms with Crippen molar-refractivity contribution >= 4 is 68.9 Å². The fraction of sp³-hybridized carbons (Fsp3) is 0.235. The zero-order valence-electron chi connectivity index (χ0n) is 16.0. The molecule has 0 saturated carbocycles. The van der Waals surface area contributed by atoms with Gasteiger partial charge < -0.3 is 15.9 Å². The van der Waals surface area contributed by atoms with Crippen LogP contribution in [0.15, 0.2) is 29.4 Å². The normalized spacial score (nSPS) is 19.8. The lowest BCUT2D eigenvalue weighted by molar-refractivity contribution is -0.192. The number of halogens is 3. The molecule has 0 spiro atoms. The summed E-state index contributed by atoms with van der Waals surface area (Å²) in [6.07, 6.45) is -3.57. The topological polar surface area (TPSA) is 163 Å². The molecule has 176 valence electrons. The highest BCUT2D eigenvalue weighted by Crippen LogP contribution is 2.43. The number of hydrogen-bond acceptors (Lipinski definition) is 9. The summed E-state index contributed by atoms with van der Waals surface area (Å²) in [6, 6.07) is 2.82. The highest BCUT2D eigenvalue weighted by molar-refractivity contribution is 8.00. The Kier molecular flexibility index (Phi) is 7.11. The van der Waals surface area contributed by atoms with E-state index in [1.54, 1.807) is 17.5 Å². The number of thiophene rings is 1. The molecule has 2 atom stereocenters. The molecule has 2 aromatic heterocycles. The lowest BCUT2D eigenvalue weighted by atomic mass is 10.0. The summed E-state index contributed by atoms with van der Waals surface area (Å²) in [5, 5.41) is 21.2. The van der Waals surface area contributed by atoms with Crippen LogP contribution in [0.3, 0.4) is 0 Å². The highest BCUT2D eigenvalue weighted by atomic mass is 32.2. The van der Waals surface area contributed by atoms with E-state index >= 15 is 0 Å². The standard InChI is InChI=1S/C15H12N4O4S3.C2HF3O2/c16-9-12(21)19-10(14(22)23)6(5-25-13(9)19)8-4-17-15(26-8)18-11(20)7-2-1-3-24-7;3-2(4,5)1(6)7/h1-4,9,13H,5,16H2,(H,22,23)(H,17,18,20);(H,6,7). The van der Waals surface area contributed by atoms with Crippen molar-refractivity contribution in [3.8, 4) is 0 Å². The van der Waals surface area contributed by atoms with Crippen LogP contribution in [0.2, 0.25) is 0 Å². The SMILES string of the molecule is NC1C(=O)N2C(C(=O)O)=C(c3cnc(NC(=O)c4cccs4)s3)CSC12.O=C(O)C(F)(F)F. The average molecular weight is 523 g/mol. The minimum absolute atomic E-state index is 0.0553. The number of carboxylic acids is 2. The monoisotopic (exact) mass is 522 g/mol. The van der Waals surface area contributed by atoms with E-state index in [9.17, 15) is 32.7 Å². The van der Waals surface area contributed by atoms with Crippen LogP contribution in [0.1, 0.15) is 14.5 Å². The first kappa shape index (κ1) is 24.7. The number of carbonyl (C=O) groups excluding carboxylic acids is 2. The van der Waals surface area contributed by atoms with Gasteiger partial charge in [0.25, 0.3) is 5.91 Å². The maximum atomic E-state index is 12.1. The van der Waals surface area contributed by atoms with Crippen LogP contribution in [0.5, 0.6) is 0 Å². The third kappa shape index (κ3) is 5.18. The number of aliphatic carboxylic acids is 2. The number of β-lactam (4-membered cyclic amide) rings is 1. The van der Waals surface area contributed by atoms with Crippen LogP contribution in [0.4, 0.5) is 18.3 Å². The molecular weight excluding hydrogens is 509 g/mol. The van der Waals surface area contributed by atoms with Crippen molar-refractivity contribution in [1.29, 1.82) is 0 Å². The first-order chi connectivity index (χ1) is 15.4. The first-order valence-corrected chi connectivity index (χ1v) is 11.4. The number of thiazole rings is 1. The number of nitrogens with two attached hydrogens (primary N) is 1. The van der Waals surface area contributed by atoms with Gasteiger partial charge in [-0.15, -0.1) is 23.1 Å². The third-order valence-electron chi connectivity index (χ3n) is 4.22. The zero-order valence-corrected chi connectivity index (χ0v) is 18.5. The van der Waals surface area contributed by atoms with Crippen molar-refractivity contribution < 1.29 is 42.6 Å². The summed E-state index contributed by atoms with van der Waals surface area (Å²) >= 11 is 3.91. The molecule has 0 bridgehead atoms. The number of carbonyl (C=O) groups is 4. The zero-order chi connectivity index (χ0) is 24.5. The van der Waals surface area contributed by atoms with Gasteiger partial charge in [0.2, 0.25) is 5.91 Å². The number of anilines is 1. The van der Waals surface area contributed by atoms with E-state index in [4.69, 9.17) is 15.6 Å². The second-order valence-electron chi connectivity index (χ2n) is 6.33. The second kappa shape index (κ2) is 9.50. The third-order valence-corrected chi connectivity index (χ3v) is 7.37. The van der Waals surface area contributed by atoms with E-state index in [0.717, 1.165) is 0 Å². The van der Waals surface area contributed by atoms with E-state index < -0.39 is 30.1 Å². The number of carboxylic acid groups (broad SMARTS) is 2. The number of rotatable bonds is 4. The van der Waals surface area contributed by atoms with Crippen molar-refractivity contribution in [2.75, 3.05) is 11.1 Å². The Bertz CT molecular complexity index is 1130. The molecule has 10 nitrogen and oxygen atoms in total. The molecule has 1 fully saturated rings. The Hall–Kier alpha value is -2.95. The summed E-state index contributed by atoms with van der Waals surface area (Å²) < 4.78 is 31.7. The van der Waals surface area contributed by atoms with Gasteiger partial charge in [-0.05, 0) is 11.4 Å². The number of fused-ring (bicyclic) bond motifs is 1. The van der Waals surface area contributed by atoms with Crippen LogP contribution in [0.25, 0.3) is 5.57 Å². The number of nitrogens with zero attached hydrogens (tertiary/aromatic N) is 2. The molecule has 2 aliphatic rings. The highest BCUT2D eigenvalue weighted by Gasteiger charge is 2.52. The van der Waals surface area contributed by atoms with Crippen LogP contribution < -0.4 is 11.1 Å². The molecule has 0 aliphatic carbocycles. The van der Waals surface area contributed by atoms with Gasteiger partial charge >= 0.3 is 18.1 Å². The lowest BCUT2D eigenvalue weighted by Crippen LogP contribution is -2.68. The summed E-state index contributed by atoms with van der Waals surface area (Å²) in [4.78, 5) is 51.3. The minimum Gasteiger partial charge on any atom is -0.477 e. The Morgan fingerprint density at radius 3 is 2.48 bits per heavy atom. The Morgan fingerprint density at radius 1 is 1.27 bits per heavy atom. The van der Waals surface area contributed by atoms with Crippen LogP contribution in [-0.2, 0) is 14.4 Å². The van der Waals surface area contributed by atoms with E-state index in [1.165, 1.54) is 45.5 Å². The van der Waals surface area contributed by atoms with Gasteiger partial charge in [0.15, 0.2) is 5.13 Å². The molecule has 0 aromatic carbocycles. The van der Waals surface area contributed by atoms with Gasteiger partial charge in [-0.25, -0.2) is 14.6 Å². The van der Waals surface area contributed by atoms with Crippen LogP contribution in [0, 0.1) is 0 Å². The van der Waals surface area contributed by atoms with Crippen molar-refractivity contribution in [3.63, 3.8) is 0 Å². The van der Waals surface area contributed by atoms with Gasteiger partial charge in [-0.1, -0.05) is 17.4 Å². The summed E-state index contributed by atoms with van der Waals surface area (Å²) in [5.74, 6) is -4.19. The van der Waals surface area contributed by atoms with Crippen LogP contribution in [-0.4, -0.2) is 67.2 Å².